The van der Waals surface area contributed by atoms with Crippen molar-refractivity contribution in [3.05, 3.63) is 22.4 Å². The summed E-state index contributed by atoms with van der Waals surface area (Å²) in [6, 6.07) is 4.71. The van der Waals surface area contributed by atoms with Crippen molar-refractivity contribution >= 4 is 17.3 Å². The number of nitrogens with zero attached hydrogens (tertiary/aromatic N) is 1. The maximum atomic E-state index is 11.6. The Labute approximate surface area is 131 Å². The normalized spacial score (nSPS) is 18.6. The van der Waals surface area contributed by atoms with Gasteiger partial charge in [0.15, 0.2) is 0 Å². The molecule has 0 aliphatic carbocycles. The molecule has 1 aromatic heterocycles. The van der Waals surface area contributed by atoms with Crippen LogP contribution < -0.4 is 5.32 Å². The third-order valence-electron chi connectivity index (χ3n) is 4.05. The largest absolute Gasteiger partial charge is 0.469 e. The molecular formula is C16H26N2O2S. The molecule has 1 aliphatic rings. The molecule has 1 unspecified atom stereocenters. The summed E-state index contributed by atoms with van der Waals surface area (Å²) in [5.41, 5.74) is 0. The average molecular weight is 310 g/mol. The highest BCUT2D eigenvalue weighted by Crippen LogP contribution is 2.25. The highest BCUT2D eigenvalue weighted by atomic mass is 32.1. The number of rotatable bonds is 7. The van der Waals surface area contributed by atoms with Gasteiger partial charge in [-0.15, -0.1) is 11.3 Å². The molecule has 4 nitrogen and oxygen atoms in total. The highest BCUT2D eigenvalue weighted by molar-refractivity contribution is 7.10. The van der Waals surface area contributed by atoms with E-state index >= 15 is 0 Å². The lowest BCUT2D eigenvalue weighted by molar-refractivity contribution is -0.141. The van der Waals surface area contributed by atoms with Crippen LogP contribution in [0.15, 0.2) is 17.5 Å². The second kappa shape index (κ2) is 8.51. The molecule has 0 bridgehead atoms. The number of esters is 1. The van der Waals surface area contributed by atoms with Gasteiger partial charge in [-0.25, -0.2) is 0 Å². The lowest BCUT2D eigenvalue weighted by atomic mass is 10.0. The molecule has 0 spiro atoms. The van der Waals surface area contributed by atoms with Crippen LogP contribution in [-0.2, 0) is 9.53 Å². The first kappa shape index (κ1) is 16.5. The molecule has 2 heterocycles. The number of hydrogen-bond acceptors (Lipinski definition) is 5. The molecule has 5 heteroatoms. The average Bonchev–Trinajstić information content (AvgIpc) is 3.03. The molecule has 1 atom stereocenters. The second-order valence-corrected chi connectivity index (χ2v) is 6.61. The molecule has 0 saturated carbocycles. The van der Waals surface area contributed by atoms with Crippen molar-refractivity contribution in [3.63, 3.8) is 0 Å². The molecule has 1 aromatic rings. The second-order valence-electron chi connectivity index (χ2n) is 5.63. The third-order valence-corrected chi connectivity index (χ3v) is 5.04. The first-order valence-corrected chi connectivity index (χ1v) is 8.69. The SMILES string of the molecule is CCCN1CCC(NC(CC(=O)OC)c2cccs2)CC1. The minimum atomic E-state index is -0.149. The van der Waals surface area contributed by atoms with Crippen LogP contribution in [0.3, 0.4) is 0 Å². The lowest BCUT2D eigenvalue weighted by Crippen LogP contribution is -2.44. The fourth-order valence-corrected chi connectivity index (χ4v) is 3.69. The monoisotopic (exact) mass is 310 g/mol. The minimum absolute atomic E-state index is 0.0835. The van der Waals surface area contributed by atoms with E-state index < -0.39 is 0 Å². The number of ether oxygens (including phenoxy) is 1. The van der Waals surface area contributed by atoms with E-state index in [1.54, 1.807) is 11.3 Å². The number of likely N-dealkylation sites (tertiary alicyclic amines) is 1. The highest BCUT2D eigenvalue weighted by Gasteiger charge is 2.24. The van der Waals surface area contributed by atoms with Crippen molar-refractivity contribution in [3.8, 4) is 0 Å². The van der Waals surface area contributed by atoms with Gasteiger partial charge in [-0.05, 0) is 50.3 Å². The van der Waals surface area contributed by atoms with Crippen LogP contribution in [0.4, 0.5) is 0 Å². The Kier molecular flexibility index (Phi) is 6.67. The molecule has 0 amide bonds. The summed E-state index contributed by atoms with van der Waals surface area (Å²) in [7, 11) is 1.46. The summed E-state index contributed by atoms with van der Waals surface area (Å²) in [5.74, 6) is -0.149. The fourth-order valence-electron chi connectivity index (χ4n) is 2.91. The van der Waals surface area contributed by atoms with Crippen molar-refractivity contribution < 1.29 is 9.53 Å². The maximum Gasteiger partial charge on any atom is 0.307 e. The van der Waals surface area contributed by atoms with E-state index in [1.807, 2.05) is 6.07 Å². The van der Waals surface area contributed by atoms with E-state index in [1.165, 1.54) is 25.0 Å². The first-order valence-electron chi connectivity index (χ1n) is 7.81. The van der Waals surface area contributed by atoms with Crippen LogP contribution in [0, 0.1) is 0 Å². The van der Waals surface area contributed by atoms with E-state index in [0.29, 0.717) is 12.5 Å². The van der Waals surface area contributed by atoms with Gasteiger partial charge in [-0.3, -0.25) is 4.79 Å². The number of methoxy groups -OCH3 is 1. The Morgan fingerprint density at radius 2 is 2.29 bits per heavy atom. The molecule has 0 radical (unpaired) electrons. The maximum absolute atomic E-state index is 11.6. The van der Waals surface area contributed by atoms with E-state index in [9.17, 15) is 4.79 Å². The van der Waals surface area contributed by atoms with Crippen LogP contribution in [0.1, 0.15) is 43.5 Å². The summed E-state index contributed by atoms with van der Waals surface area (Å²) in [6.45, 7) is 5.73. The van der Waals surface area contributed by atoms with Gasteiger partial charge in [-0.2, -0.15) is 0 Å². The van der Waals surface area contributed by atoms with Crippen molar-refractivity contribution in [2.45, 2.75) is 44.7 Å². The molecule has 1 aliphatic heterocycles. The molecule has 2 rings (SSSR count). The van der Waals surface area contributed by atoms with E-state index in [4.69, 9.17) is 4.74 Å². The van der Waals surface area contributed by atoms with E-state index in [-0.39, 0.29) is 12.0 Å². The third kappa shape index (κ3) is 5.09. The van der Waals surface area contributed by atoms with E-state index in [0.717, 1.165) is 25.9 Å². The van der Waals surface area contributed by atoms with Gasteiger partial charge < -0.3 is 15.0 Å². The number of piperidine rings is 1. The predicted octanol–water partition coefficient (Wildman–Crippen LogP) is 2.82. The first-order chi connectivity index (χ1) is 10.2. The summed E-state index contributed by atoms with van der Waals surface area (Å²) < 4.78 is 4.83. The smallest absolute Gasteiger partial charge is 0.307 e. The molecular weight excluding hydrogens is 284 g/mol. The summed E-state index contributed by atoms with van der Waals surface area (Å²) in [5, 5.41) is 5.73. The number of carbonyl (C=O) groups excluding carboxylic acids is 1. The van der Waals surface area contributed by atoms with Crippen molar-refractivity contribution in [1.29, 1.82) is 0 Å². The van der Waals surface area contributed by atoms with Gasteiger partial charge >= 0.3 is 5.97 Å². The molecule has 118 valence electrons. The topological polar surface area (TPSA) is 41.6 Å². The molecule has 1 N–H and O–H groups in total. The van der Waals surface area contributed by atoms with Crippen LogP contribution in [0.2, 0.25) is 0 Å². The summed E-state index contributed by atoms with van der Waals surface area (Å²) >= 11 is 1.70. The zero-order valence-corrected chi connectivity index (χ0v) is 13.8. The van der Waals surface area contributed by atoms with Gasteiger partial charge in [0.05, 0.1) is 19.6 Å². The summed E-state index contributed by atoms with van der Waals surface area (Å²) in [4.78, 5) is 15.4. The van der Waals surface area contributed by atoms with Crippen LogP contribution >= 0.6 is 11.3 Å². The Hall–Kier alpha value is -0.910. The van der Waals surface area contributed by atoms with Gasteiger partial charge in [0, 0.05) is 10.9 Å². The van der Waals surface area contributed by atoms with Gasteiger partial charge in [0.25, 0.3) is 0 Å². The van der Waals surface area contributed by atoms with Crippen molar-refractivity contribution in [1.82, 2.24) is 10.2 Å². The number of nitrogens with one attached hydrogen (secondary N) is 1. The number of hydrogen-bond donors (Lipinski definition) is 1. The number of thiophene rings is 1. The predicted molar refractivity (Wildman–Crippen MR) is 86.6 cm³/mol. The van der Waals surface area contributed by atoms with Crippen LogP contribution in [-0.4, -0.2) is 43.7 Å². The molecule has 21 heavy (non-hydrogen) atoms. The summed E-state index contributed by atoms with van der Waals surface area (Å²) in [6.07, 6.45) is 3.94. The van der Waals surface area contributed by atoms with E-state index in [2.05, 4.69) is 28.6 Å². The Morgan fingerprint density at radius 3 is 2.86 bits per heavy atom. The lowest BCUT2D eigenvalue weighted by Gasteiger charge is -2.34. The minimum Gasteiger partial charge on any atom is -0.469 e. The van der Waals surface area contributed by atoms with Crippen molar-refractivity contribution in [2.24, 2.45) is 0 Å². The standard InChI is InChI=1S/C16H26N2O2S/c1-3-8-18-9-6-13(7-10-18)17-14(12-16(19)20-2)15-5-4-11-21-15/h4-5,11,13-14,17H,3,6-10,12H2,1-2H3. The molecule has 1 saturated heterocycles. The Balaban J connectivity index is 1.89. The number of carbonyl (C=O) groups is 1. The quantitative estimate of drug-likeness (QED) is 0.786. The Morgan fingerprint density at radius 1 is 1.52 bits per heavy atom. The van der Waals surface area contributed by atoms with Crippen molar-refractivity contribution in [2.75, 3.05) is 26.7 Å². The molecule has 0 aromatic carbocycles. The fraction of sp³-hybridized carbons (Fsp3) is 0.688. The van der Waals surface area contributed by atoms with Gasteiger partial charge in [0.1, 0.15) is 0 Å². The van der Waals surface area contributed by atoms with Crippen LogP contribution in [0.5, 0.6) is 0 Å². The zero-order chi connectivity index (χ0) is 15.1. The molecule has 1 fully saturated rings. The Bertz CT molecular complexity index is 414. The van der Waals surface area contributed by atoms with Gasteiger partial charge in [0.2, 0.25) is 0 Å². The van der Waals surface area contributed by atoms with Crippen LogP contribution in [0.25, 0.3) is 0 Å². The van der Waals surface area contributed by atoms with Gasteiger partial charge in [-0.1, -0.05) is 13.0 Å². The zero-order valence-electron chi connectivity index (χ0n) is 13.0.